The third-order valence-electron chi connectivity index (χ3n) is 4.79. The van der Waals surface area contributed by atoms with Crippen LogP contribution >= 0.6 is 0 Å². The minimum absolute atomic E-state index is 0.642. The summed E-state index contributed by atoms with van der Waals surface area (Å²) in [5.74, 6) is 1.72. The molecule has 6 nitrogen and oxygen atoms in total. The summed E-state index contributed by atoms with van der Waals surface area (Å²) >= 11 is 0. The Bertz CT molecular complexity index is 789. The number of nitrogens with zero attached hydrogens (tertiary/aromatic N) is 5. The largest absolute Gasteiger partial charge is 0.299 e. The van der Waals surface area contributed by atoms with Gasteiger partial charge in [-0.25, -0.2) is 0 Å². The monoisotopic (exact) mass is 310 g/mol. The van der Waals surface area contributed by atoms with Gasteiger partial charge in [0.05, 0.1) is 6.20 Å². The van der Waals surface area contributed by atoms with E-state index in [-0.39, 0.29) is 0 Å². The Morgan fingerprint density at radius 1 is 1.30 bits per heavy atom. The van der Waals surface area contributed by atoms with E-state index in [4.69, 9.17) is 0 Å². The van der Waals surface area contributed by atoms with E-state index < -0.39 is 0 Å². The van der Waals surface area contributed by atoms with E-state index in [0.29, 0.717) is 5.92 Å². The molecule has 1 unspecified atom stereocenters. The predicted molar refractivity (Wildman–Crippen MR) is 88.0 cm³/mol. The number of hydrogen-bond donors (Lipinski definition) is 1. The van der Waals surface area contributed by atoms with Crippen LogP contribution in [0.1, 0.15) is 29.9 Å². The molecule has 1 saturated heterocycles. The van der Waals surface area contributed by atoms with Crippen molar-refractivity contribution in [1.82, 2.24) is 29.7 Å². The maximum absolute atomic E-state index is 4.38. The van der Waals surface area contributed by atoms with Crippen LogP contribution in [-0.4, -0.2) is 42.8 Å². The van der Waals surface area contributed by atoms with Crippen LogP contribution in [-0.2, 0) is 13.0 Å². The SMILES string of the molecule is Cc1[nH]ncc1CN1CCCC(Cc2nnc3ccccn23)C1. The lowest BCUT2D eigenvalue weighted by molar-refractivity contribution is 0.165. The molecule has 0 spiro atoms. The van der Waals surface area contributed by atoms with Gasteiger partial charge in [-0.3, -0.25) is 14.4 Å². The first-order valence-corrected chi connectivity index (χ1v) is 8.29. The fraction of sp³-hybridized carbons (Fsp3) is 0.471. The zero-order chi connectivity index (χ0) is 15.6. The van der Waals surface area contributed by atoms with E-state index in [9.17, 15) is 0 Å². The quantitative estimate of drug-likeness (QED) is 0.802. The molecule has 0 amide bonds. The van der Waals surface area contributed by atoms with Crippen molar-refractivity contribution in [3.05, 3.63) is 47.7 Å². The average molecular weight is 310 g/mol. The van der Waals surface area contributed by atoms with Gasteiger partial charge < -0.3 is 0 Å². The highest BCUT2D eigenvalue weighted by molar-refractivity contribution is 5.37. The summed E-state index contributed by atoms with van der Waals surface area (Å²) in [4.78, 5) is 2.54. The van der Waals surface area contributed by atoms with Crippen LogP contribution < -0.4 is 0 Å². The molecule has 0 bridgehead atoms. The molecule has 4 rings (SSSR count). The van der Waals surface area contributed by atoms with Crippen LogP contribution in [0.15, 0.2) is 30.6 Å². The maximum atomic E-state index is 4.38. The molecule has 1 aliphatic rings. The van der Waals surface area contributed by atoms with Gasteiger partial charge in [-0.15, -0.1) is 10.2 Å². The van der Waals surface area contributed by atoms with Crippen molar-refractivity contribution in [2.45, 2.75) is 32.7 Å². The van der Waals surface area contributed by atoms with Crippen molar-refractivity contribution in [3.63, 3.8) is 0 Å². The third kappa shape index (κ3) is 2.99. The van der Waals surface area contributed by atoms with E-state index in [1.54, 1.807) is 0 Å². The summed E-state index contributed by atoms with van der Waals surface area (Å²) < 4.78 is 2.11. The summed E-state index contributed by atoms with van der Waals surface area (Å²) in [5.41, 5.74) is 3.42. The zero-order valence-corrected chi connectivity index (χ0v) is 13.4. The Morgan fingerprint density at radius 2 is 2.26 bits per heavy atom. The number of rotatable bonds is 4. The minimum Gasteiger partial charge on any atom is -0.299 e. The summed E-state index contributed by atoms with van der Waals surface area (Å²) in [6.07, 6.45) is 7.51. The fourth-order valence-electron chi connectivity index (χ4n) is 3.53. The lowest BCUT2D eigenvalue weighted by Gasteiger charge is -2.32. The molecule has 1 atom stereocenters. The van der Waals surface area contributed by atoms with Gasteiger partial charge in [-0.05, 0) is 44.4 Å². The maximum Gasteiger partial charge on any atom is 0.160 e. The minimum atomic E-state index is 0.642. The predicted octanol–water partition coefficient (Wildman–Crippen LogP) is 2.22. The molecule has 120 valence electrons. The molecule has 0 aliphatic carbocycles. The highest BCUT2D eigenvalue weighted by atomic mass is 15.2. The third-order valence-corrected chi connectivity index (χ3v) is 4.79. The first-order chi connectivity index (χ1) is 11.3. The molecule has 0 radical (unpaired) electrons. The van der Waals surface area contributed by atoms with E-state index in [2.05, 4.69) is 42.8 Å². The number of likely N-dealkylation sites (tertiary alicyclic amines) is 1. The smallest absolute Gasteiger partial charge is 0.160 e. The Labute approximate surface area is 135 Å². The van der Waals surface area contributed by atoms with E-state index >= 15 is 0 Å². The van der Waals surface area contributed by atoms with Gasteiger partial charge in [0.2, 0.25) is 0 Å². The van der Waals surface area contributed by atoms with Gasteiger partial charge >= 0.3 is 0 Å². The fourth-order valence-corrected chi connectivity index (χ4v) is 3.53. The first-order valence-electron chi connectivity index (χ1n) is 8.29. The number of H-pyrrole nitrogens is 1. The first kappa shape index (κ1) is 14.4. The number of nitrogens with one attached hydrogen (secondary N) is 1. The van der Waals surface area contributed by atoms with Crippen LogP contribution in [0.25, 0.3) is 5.65 Å². The lowest BCUT2D eigenvalue weighted by Crippen LogP contribution is -2.36. The Balaban J connectivity index is 1.44. The van der Waals surface area contributed by atoms with Crippen molar-refractivity contribution in [2.24, 2.45) is 5.92 Å². The van der Waals surface area contributed by atoms with Gasteiger partial charge in [0.1, 0.15) is 5.82 Å². The Morgan fingerprint density at radius 3 is 3.13 bits per heavy atom. The molecule has 1 N–H and O–H groups in total. The standard InChI is InChI=1S/C17H22N6/c1-13-15(10-18-19-13)12-22-7-4-5-14(11-22)9-17-21-20-16-6-2-3-8-23(16)17/h2-3,6,8,10,14H,4-5,7,9,11-12H2,1H3,(H,18,19). The van der Waals surface area contributed by atoms with Gasteiger partial charge in [-0.2, -0.15) is 5.10 Å². The van der Waals surface area contributed by atoms with E-state index in [1.165, 1.54) is 30.6 Å². The molecule has 6 heteroatoms. The molecule has 1 aliphatic heterocycles. The number of fused-ring (bicyclic) bond motifs is 1. The topological polar surface area (TPSA) is 62.1 Å². The summed E-state index contributed by atoms with van der Waals surface area (Å²) in [6, 6.07) is 6.05. The highest BCUT2D eigenvalue weighted by Gasteiger charge is 2.22. The number of pyridine rings is 1. The molecular weight excluding hydrogens is 288 g/mol. The highest BCUT2D eigenvalue weighted by Crippen LogP contribution is 2.22. The average Bonchev–Trinajstić information content (AvgIpc) is 3.15. The molecular formula is C17H22N6. The Hall–Kier alpha value is -2.21. The number of aromatic amines is 1. The van der Waals surface area contributed by atoms with Crippen molar-refractivity contribution in [3.8, 4) is 0 Å². The van der Waals surface area contributed by atoms with Crippen LogP contribution in [0.3, 0.4) is 0 Å². The number of hydrogen-bond acceptors (Lipinski definition) is 4. The van der Waals surface area contributed by atoms with E-state index in [0.717, 1.165) is 31.0 Å². The Kier molecular flexibility index (Phi) is 3.83. The van der Waals surface area contributed by atoms with E-state index in [1.807, 2.05) is 24.4 Å². The number of aromatic nitrogens is 5. The summed E-state index contributed by atoms with van der Waals surface area (Å²) in [6.45, 7) is 5.36. The van der Waals surface area contributed by atoms with Gasteiger partial charge in [0.25, 0.3) is 0 Å². The summed E-state index contributed by atoms with van der Waals surface area (Å²) in [7, 11) is 0. The van der Waals surface area contributed by atoms with Crippen molar-refractivity contribution in [2.75, 3.05) is 13.1 Å². The lowest BCUT2D eigenvalue weighted by atomic mass is 9.94. The van der Waals surface area contributed by atoms with Gasteiger partial charge in [-0.1, -0.05) is 6.07 Å². The van der Waals surface area contributed by atoms with Crippen molar-refractivity contribution < 1.29 is 0 Å². The zero-order valence-electron chi connectivity index (χ0n) is 13.4. The number of piperidine rings is 1. The molecule has 0 aromatic carbocycles. The molecule has 4 heterocycles. The summed E-state index contributed by atoms with van der Waals surface area (Å²) in [5, 5.41) is 15.8. The molecule has 0 saturated carbocycles. The van der Waals surface area contributed by atoms with Crippen LogP contribution in [0.4, 0.5) is 0 Å². The van der Waals surface area contributed by atoms with Crippen LogP contribution in [0, 0.1) is 12.8 Å². The van der Waals surface area contributed by atoms with Gasteiger partial charge in [0.15, 0.2) is 5.65 Å². The number of aryl methyl sites for hydroxylation is 1. The normalized spacial score (nSPS) is 19.4. The van der Waals surface area contributed by atoms with Crippen LogP contribution in [0.5, 0.6) is 0 Å². The molecule has 3 aromatic heterocycles. The van der Waals surface area contributed by atoms with Crippen LogP contribution in [0.2, 0.25) is 0 Å². The second kappa shape index (κ2) is 6.12. The molecule has 1 fully saturated rings. The second-order valence-electron chi connectivity index (χ2n) is 6.51. The molecule has 3 aromatic rings. The van der Waals surface area contributed by atoms with Crippen molar-refractivity contribution in [1.29, 1.82) is 0 Å². The second-order valence-corrected chi connectivity index (χ2v) is 6.51. The van der Waals surface area contributed by atoms with Crippen molar-refractivity contribution >= 4 is 5.65 Å². The van der Waals surface area contributed by atoms with Gasteiger partial charge in [0, 0.05) is 37.0 Å². The molecule has 23 heavy (non-hydrogen) atoms.